The lowest BCUT2D eigenvalue weighted by atomic mass is 9.80. The quantitative estimate of drug-likeness (QED) is 0.113. The van der Waals surface area contributed by atoms with Crippen LogP contribution in [0.5, 0.6) is 0 Å². The van der Waals surface area contributed by atoms with Crippen LogP contribution in [-0.4, -0.2) is 81.7 Å². The van der Waals surface area contributed by atoms with Crippen LogP contribution < -0.4 is 21.7 Å². The Labute approximate surface area is 284 Å². The van der Waals surface area contributed by atoms with Crippen LogP contribution in [0, 0.1) is 29.1 Å². The van der Waals surface area contributed by atoms with Crippen molar-refractivity contribution in [1.82, 2.24) is 20.9 Å². The number of carbonyl (C=O) groups is 5. The summed E-state index contributed by atoms with van der Waals surface area (Å²) in [5.41, 5.74) is 6.81. The molecule has 4 rings (SSSR count). The largest absolute Gasteiger partial charge is 0.480 e. The first-order valence-electron chi connectivity index (χ1n) is 17.5. The van der Waals surface area contributed by atoms with Crippen LogP contribution in [0.15, 0.2) is 24.3 Å². The summed E-state index contributed by atoms with van der Waals surface area (Å²) in [5.74, 6) is -3.54. The maximum absolute atomic E-state index is 14.7. The number of Topliss-reactive ketones (excluding diaryl/α,β-unsaturated/α-hetero) is 1. The number of benzene rings is 1. The Morgan fingerprint density at radius 3 is 2.12 bits per heavy atom. The van der Waals surface area contributed by atoms with Gasteiger partial charge in [-0.15, -0.1) is 0 Å². The molecule has 12 heteroatoms. The zero-order chi connectivity index (χ0) is 35.3. The van der Waals surface area contributed by atoms with E-state index in [1.54, 1.807) is 25.7 Å². The van der Waals surface area contributed by atoms with Gasteiger partial charge in [0.25, 0.3) is 5.91 Å². The molecule has 2 fully saturated rings. The number of hydrogen-bond donors (Lipinski definition) is 6. The van der Waals surface area contributed by atoms with Crippen LogP contribution in [0.25, 0.3) is 0 Å². The third-order valence-electron chi connectivity index (χ3n) is 10.4. The molecule has 3 aliphatic rings. The van der Waals surface area contributed by atoms with E-state index >= 15 is 0 Å². The van der Waals surface area contributed by atoms with Crippen LogP contribution in [0.3, 0.4) is 0 Å². The van der Waals surface area contributed by atoms with E-state index in [9.17, 15) is 34.2 Å². The minimum absolute atomic E-state index is 0.0331. The average molecular weight is 670 g/mol. The second-order valence-corrected chi connectivity index (χ2v) is 15.7. The van der Waals surface area contributed by atoms with E-state index in [1.165, 1.54) is 0 Å². The van der Waals surface area contributed by atoms with Crippen molar-refractivity contribution in [1.29, 1.82) is 0 Å². The number of nitrogens with zero attached hydrogens (tertiary/aromatic N) is 1. The summed E-state index contributed by atoms with van der Waals surface area (Å²) in [6, 6.07) is 3.89. The molecular formula is C36H55N5O7. The number of carbonyl (C=O) groups excluding carboxylic acids is 4. The molecule has 1 heterocycles. The lowest BCUT2D eigenvalue weighted by Crippen LogP contribution is -2.62. The van der Waals surface area contributed by atoms with Crippen molar-refractivity contribution in [2.75, 3.05) is 6.54 Å². The van der Waals surface area contributed by atoms with Crippen molar-refractivity contribution in [3.05, 3.63) is 35.4 Å². The zero-order valence-corrected chi connectivity index (χ0v) is 29.0. The van der Waals surface area contributed by atoms with Crippen LogP contribution in [0.1, 0.15) is 90.7 Å². The zero-order valence-electron chi connectivity index (χ0n) is 29.0. The average Bonchev–Trinajstić information content (AvgIpc) is 3.62. The van der Waals surface area contributed by atoms with Gasteiger partial charge in [-0.25, -0.2) is 0 Å². The highest BCUT2D eigenvalue weighted by atomic mass is 16.4. The minimum Gasteiger partial charge on any atom is -0.480 e. The number of hydrogen-bond acceptors (Lipinski definition) is 8. The Morgan fingerprint density at radius 1 is 1.00 bits per heavy atom. The molecule has 12 nitrogen and oxygen atoms in total. The second-order valence-electron chi connectivity index (χ2n) is 15.7. The molecule has 48 heavy (non-hydrogen) atoms. The number of amides is 3. The van der Waals surface area contributed by atoms with Crippen LogP contribution in [-0.2, 0) is 36.8 Å². The molecule has 6 atom stereocenters. The first kappa shape index (κ1) is 37.5. The van der Waals surface area contributed by atoms with E-state index in [-0.39, 0.29) is 23.7 Å². The lowest BCUT2D eigenvalue weighted by molar-refractivity contribution is -0.145. The number of primary amides is 1. The standard InChI is InChI=1S/C36H55N5O7/c1-20(2)13-14-22-16-27(32(44)38-26(29(42)31(37)43)15-21-9-8-10-21)41(19-22)33(45)28(25-17-23-11-6-7-12-24(23)18-25)39-35(48)40-30(34(46)47)36(3,4)5/h6-7,11-12,20-22,25-28,30,35,39-40,48H,8-10,13-19H2,1-5H3,(H2,37,43)(H,38,44)(H,46,47)/t22?,26?,27-,28-,30+,35?/m0/s1. The first-order valence-corrected chi connectivity index (χ1v) is 17.5. The Hall–Kier alpha value is -3.35. The first-order chi connectivity index (χ1) is 22.5. The molecule has 2 aliphatic carbocycles. The Balaban J connectivity index is 1.61. The summed E-state index contributed by atoms with van der Waals surface area (Å²) in [7, 11) is 0. The molecule has 1 aromatic carbocycles. The molecule has 0 spiro atoms. The Morgan fingerprint density at radius 2 is 1.62 bits per heavy atom. The van der Waals surface area contributed by atoms with Crippen LogP contribution in [0.4, 0.5) is 0 Å². The number of aliphatic hydroxyl groups is 1. The molecule has 266 valence electrons. The monoisotopic (exact) mass is 669 g/mol. The molecule has 0 aromatic heterocycles. The van der Waals surface area contributed by atoms with E-state index in [0.29, 0.717) is 38.1 Å². The normalized spacial score (nSPS) is 22.4. The van der Waals surface area contributed by atoms with Gasteiger partial charge in [-0.1, -0.05) is 84.6 Å². The number of rotatable bonds is 16. The second kappa shape index (κ2) is 15.9. The number of aliphatic hydroxyl groups excluding tert-OH is 1. The molecule has 1 aromatic rings. The van der Waals surface area contributed by atoms with E-state index in [4.69, 9.17) is 5.73 Å². The van der Waals surface area contributed by atoms with Crippen molar-refractivity contribution in [2.45, 2.75) is 123 Å². The third-order valence-corrected chi connectivity index (χ3v) is 10.4. The highest BCUT2D eigenvalue weighted by Gasteiger charge is 2.46. The van der Waals surface area contributed by atoms with Crippen LogP contribution >= 0.6 is 0 Å². The number of nitrogens with two attached hydrogens (primary N) is 1. The van der Waals surface area contributed by atoms with E-state index in [2.05, 4.69) is 29.8 Å². The van der Waals surface area contributed by atoms with Gasteiger partial charge in [-0.2, -0.15) is 0 Å². The number of fused-ring (bicyclic) bond motifs is 1. The van der Waals surface area contributed by atoms with Gasteiger partial charge in [0.1, 0.15) is 12.1 Å². The van der Waals surface area contributed by atoms with Crippen molar-refractivity contribution >= 4 is 29.5 Å². The fourth-order valence-corrected chi connectivity index (χ4v) is 7.41. The third kappa shape index (κ3) is 9.41. The fraction of sp³-hybridized carbons (Fsp3) is 0.694. The Bertz CT molecular complexity index is 1310. The van der Waals surface area contributed by atoms with E-state index < -0.39 is 59.5 Å². The maximum Gasteiger partial charge on any atom is 0.321 e. The van der Waals surface area contributed by atoms with Crippen molar-refractivity contribution < 1.29 is 34.2 Å². The molecule has 3 amide bonds. The van der Waals surface area contributed by atoms with Crippen molar-refractivity contribution in [2.24, 2.45) is 34.8 Å². The summed E-state index contributed by atoms with van der Waals surface area (Å²) in [5, 5.41) is 29.6. The molecule has 1 saturated carbocycles. The summed E-state index contributed by atoms with van der Waals surface area (Å²) in [4.78, 5) is 67.0. The van der Waals surface area contributed by atoms with Gasteiger partial charge in [0.2, 0.25) is 17.6 Å². The van der Waals surface area contributed by atoms with Gasteiger partial charge < -0.3 is 26.2 Å². The number of carboxylic acids is 1. The summed E-state index contributed by atoms with van der Waals surface area (Å²) >= 11 is 0. The number of likely N-dealkylation sites (tertiary alicyclic amines) is 1. The summed E-state index contributed by atoms with van der Waals surface area (Å²) < 4.78 is 0. The molecule has 1 aliphatic heterocycles. The molecule has 1 saturated heterocycles. The van der Waals surface area contributed by atoms with Gasteiger partial charge >= 0.3 is 5.97 Å². The molecule has 3 unspecified atom stereocenters. The van der Waals surface area contributed by atoms with Crippen molar-refractivity contribution in [3.8, 4) is 0 Å². The van der Waals surface area contributed by atoms with Gasteiger partial charge in [-0.3, -0.25) is 34.6 Å². The maximum atomic E-state index is 14.7. The molecule has 0 radical (unpaired) electrons. The Kier molecular flexibility index (Phi) is 12.4. The molecular weight excluding hydrogens is 614 g/mol. The van der Waals surface area contributed by atoms with Gasteiger partial charge in [0.15, 0.2) is 6.35 Å². The lowest BCUT2D eigenvalue weighted by Gasteiger charge is -2.35. The fourth-order valence-electron chi connectivity index (χ4n) is 7.41. The van der Waals surface area contributed by atoms with Gasteiger partial charge in [0.05, 0.1) is 12.1 Å². The molecule has 0 bridgehead atoms. The minimum atomic E-state index is -1.53. The van der Waals surface area contributed by atoms with Gasteiger partial charge in [-0.05, 0) is 72.3 Å². The number of ketones is 1. The highest BCUT2D eigenvalue weighted by molar-refractivity contribution is 6.37. The molecule has 7 N–H and O–H groups in total. The smallest absolute Gasteiger partial charge is 0.321 e. The predicted octanol–water partition coefficient (Wildman–Crippen LogP) is 2.11. The van der Waals surface area contributed by atoms with E-state index in [1.807, 2.05) is 24.3 Å². The topological polar surface area (TPSA) is 191 Å². The van der Waals surface area contributed by atoms with E-state index in [0.717, 1.165) is 43.2 Å². The summed E-state index contributed by atoms with van der Waals surface area (Å²) in [6.07, 6.45) is 4.89. The van der Waals surface area contributed by atoms with Gasteiger partial charge in [0, 0.05) is 6.54 Å². The van der Waals surface area contributed by atoms with Crippen LogP contribution in [0.2, 0.25) is 0 Å². The van der Waals surface area contributed by atoms with Crippen molar-refractivity contribution in [3.63, 3.8) is 0 Å². The number of nitrogens with one attached hydrogen (secondary N) is 3. The predicted molar refractivity (Wildman–Crippen MR) is 180 cm³/mol. The number of aliphatic carboxylic acids is 1. The highest BCUT2D eigenvalue weighted by Crippen LogP contribution is 2.34. The SMILES string of the molecule is CC(C)CCC1C[C@@H](C(=O)NC(CC2CCC2)C(=O)C(N)=O)N(C(=O)[C@@H](NC(O)N[C@H](C(=O)O)C(C)(C)C)C2Cc3ccccc3C2)C1. The number of carboxylic acid groups (broad SMARTS) is 1. The summed E-state index contributed by atoms with van der Waals surface area (Å²) in [6.45, 7) is 9.80.